The molecule has 4 atom stereocenters. The van der Waals surface area contributed by atoms with Crippen molar-refractivity contribution in [2.75, 3.05) is 37.6 Å². The third-order valence-corrected chi connectivity index (χ3v) is 14.0. The van der Waals surface area contributed by atoms with E-state index in [0.717, 1.165) is 102 Å². The van der Waals surface area contributed by atoms with Gasteiger partial charge in [0.25, 0.3) is 12.3 Å². The van der Waals surface area contributed by atoms with E-state index in [0.29, 0.717) is 28.5 Å². The number of alkyl halides is 2. The first-order valence-electron chi connectivity index (χ1n) is 22.3. The molecule has 16 nitrogen and oxygen atoms in total. The summed E-state index contributed by atoms with van der Waals surface area (Å²) in [5.74, 6) is 6.82. The second-order valence-electron chi connectivity index (χ2n) is 18.0. The maximum atomic E-state index is 14.3. The maximum Gasteiger partial charge on any atom is 0.329 e. The van der Waals surface area contributed by atoms with E-state index in [1.165, 1.54) is 19.8 Å². The Kier molecular flexibility index (Phi) is 11.2. The molecule has 18 heteroatoms. The molecule has 330 valence electrons. The van der Waals surface area contributed by atoms with Crippen LogP contribution in [0.1, 0.15) is 92.6 Å². The van der Waals surface area contributed by atoms with E-state index in [2.05, 4.69) is 47.4 Å². The molecule has 63 heavy (non-hydrogen) atoms. The number of likely N-dealkylation sites (tertiary alicyclic amines) is 1. The van der Waals surface area contributed by atoms with Crippen LogP contribution in [-0.2, 0) is 21.4 Å². The van der Waals surface area contributed by atoms with Crippen LogP contribution in [0.5, 0.6) is 0 Å². The number of nitrogens with zero attached hydrogens (tertiary/aromatic N) is 9. The van der Waals surface area contributed by atoms with Gasteiger partial charge in [0.15, 0.2) is 11.5 Å². The van der Waals surface area contributed by atoms with Crippen LogP contribution in [0.25, 0.3) is 16.7 Å². The van der Waals surface area contributed by atoms with Crippen molar-refractivity contribution >= 4 is 51.8 Å². The zero-order valence-electron chi connectivity index (χ0n) is 35.2. The van der Waals surface area contributed by atoms with Gasteiger partial charge in [0, 0.05) is 51.6 Å². The molecule has 3 aromatic heterocycles. The van der Waals surface area contributed by atoms with Gasteiger partial charge in [0.05, 0.1) is 35.0 Å². The van der Waals surface area contributed by atoms with Crippen molar-refractivity contribution in [1.29, 1.82) is 0 Å². The number of rotatable bonds is 8. The number of nitrogens with one attached hydrogen (secondary N) is 2. The average molecular weight is 864 g/mol. The van der Waals surface area contributed by atoms with Crippen molar-refractivity contribution in [1.82, 2.24) is 39.3 Å². The van der Waals surface area contributed by atoms with Gasteiger partial charge in [-0.15, -0.1) is 0 Å². The Bertz CT molecular complexity index is 2630. The fourth-order valence-corrected chi connectivity index (χ4v) is 10.5. The maximum absolute atomic E-state index is 14.3. The molecular weight excluding hydrogens is 813 g/mol. The molecule has 10 rings (SSSR count). The second kappa shape index (κ2) is 17.1. The number of amidine groups is 1. The highest BCUT2D eigenvalue weighted by molar-refractivity contribution is 6.46. The van der Waals surface area contributed by atoms with E-state index in [9.17, 15) is 28.0 Å². The van der Waals surface area contributed by atoms with Crippen LogP contribution in [0.2, 0.25) is 0 Å². The zero-order valence-corrected chi connectivity index (χ0v) is 35.2. The number of carbonyl (C=O) groups is 3. The Labute approximate surface area is 362 Å². The smallest absolute Gasteiger partial charge is 0.329 e. The highest BCUT2D eigenvalue weighted by Gasteiger charge is 2.38. The topological polar surface area (TPSA) is 173 Å². The zero-order chi connectivity index (χ0) is 43.4. The molecule has 2 bridgehead atoms. The van der Waals surface area contributed by atoms with Crippen molar-refractivity contribution in [3.63, 3.8) is 0 Å². The van der Waals surface area contributed by atoms with E-state index >= 15 is 0 Å². The largest absolute Gasteiger partial charge is 0.371 e. The number of morpholine rings is 1. The molecule has 1 saturated carbocycles. The summed E-state index contributed by atoms with van der Waals surface area (Å²) >= 11 is 0. The Morgan fingerprint density at radius 3 is 2.49 bits per heavy atom. The number of imidazole rings is 1. The Hall–Kier alpha value is -5.80. The quantitative estimate of drug-likeness (QED) is 0.197. The number of piperidine rings is 2. The summed E-state index contributed by atoms with van der Waals surface area (Å²) in [6, 6.07) is 6.68. The SMILES string of the molecule is Cn1c(=O)n(C2CCC(=O)NC2=O)c2cccc(C#CCC3CCN(C[C@H]4CC[C@H](C5N=C(NC(=O)c6cnn7ccc(N8C[C@H]9CC[C@@H](C8)O9)nc67)C(C(F)F)=N5)CC4)CC3)c21. The lowest BCUT2D eigenvalue weighted by atomic mass is 9.80. The van der Waals surface area contributed by atoms with Crippen molar-refractivity contribution in [3.8, 4) is 11.8 Å². The molecule has 5 aliphatic heterocycles. The first-order chi connectivity index (χ1) is 30.6. The van der Waals surface area contributed by atoms with Gasteiger partial charge < -0.3 is 19.9 Å². The Morgan fingerprint density at radius 2 is 1.75 bits per heavy atom. The molecule has 4 saturated heterocycles. The number of halogens is 2. The number of aliphatic imine (C=N–C) groups is 2. The minimum absolute atomic E-state index is 0.0167. The number of hydrogen-bond acceptors (Lipinski definition) is 11. The van der Waals surface area contributed by atoms with Crippen LogP contribution >= 0.6 is 0 Å². The lowest BCUT2D eigenvalue weighted by Gasteiger charge is -2.36. The average Bonchev–Trinajstić information content (AvgIpc) is 4.05. The molecule has 6 aliphatic rings. The minimum Gasteiger partial charge on any atom is -0.371 e. The second-order valence-corrected chi connectivity index (χ2v) is 18.0. The molecule has 1 aromatic carbocycles. The molecule has 2 N–H and O–H groups in total. The van der Waals surface area contributed by atoms with Crippen LogP contribution in [0.3, 0.4) is 0 Å². The molecule has 0 radical (unpaired) electrons. The highest BCUT2D eigenvalue weighted by Crippen LogP contribution is 2.36. The summed E-state index contributed by atoms with van der Waals surface area (Å²) in [6.45, 7) is 4.41. The number of hydrogen-bond donors (Lipinski definition) is 2. The van der Waals surface area contributed by atoms with Crippen LogP contribution in [0, 0.1) is 29.6 Å². The molecule has 1 aliphatic carbocycles. The molecule has 5 fully saturated rings. The number of amides is 3. The summed E-state index contributed by atoms with van der Waals surface area (Å²) in [6.07, 6.45) is 8.84. The standard InChI is InChI=1S/C45H51F2N11O5/c1-54-38-28(6-3-7-33(38)58(45(54)62)34-14-15-36(59)50-44(34)61)5-2-4-26-16-19-55(20-17-26)23-27-8-10-29(11-9-27)40-51-37(39(46)47)41(52-40)53-43(60)32-22-48-57-21-18-35(49-42(32)57)56-24-30-12-13-31(25-56)63-30/h3,6-7,18,21-22,26-27,29-31,34,39-40H,4,8-17,19-20,23-25H2,1H3,(H,50,59,61)(H,52,53,60)/t27-,29-,30-,31+,34?,40?. The van der Waals surface area contributed by atoms with Crippen molar-refractivity contribution in [2.45, 2.75) is 101 Å². The van der Waals surface area contributed by atoms with E-state index in [1.807, 2.05) is 24.3 Å². The van der Waals surface area contributed by atoms with Gasteiger partial charge in [0.2, 0.25) is 11.8 Å². The number of aromatic nitrogens is 5. The summed E-state index contributed by atoms with van der Waals surface area (Å²) in [5.41, 5.74) is 1.76. The molecule has 8 heterocycles. The van der Waals surface area contributed by atoms with E-state index in [1.54, 1.807) is 13.2 Å². The van der Waals surface area contributed by atoms with Crippen molar-refractivity contribution in [2.24, 2.45) is 34.8 Å². The lowest BCUT2D eigenvalue weighted by Crippen LogP contribution is -2.44. The number of benzene rings is 1. The Balaban J connectivity index is 0.710. The molecule has 0 spiro atoms. The third kappa shape index (κ3) is 8.16. The lowest BCUT2D eigenvalue weighted by molar-refractivity contribution is -0.135. The van der Waals surface area contributed by atoms with Crippen LogP contribution < -0.4 is 21.2 Å². The fraction of sp³-hybridized carbons (Fsp3) is 0.556. The van der Waals surface area contributed by atoms with Gasteiger partial charge in [-0.1, -0.05) is 17.9 Å². The van der Waals surface area contributed by atoms with E-state index in [4.69, 9.17) is 9.72 Å². The predicted octanol–water partition coefficient (Wildman–Crippen LogP) is 3.86. The molecular formula is C45H51F2N11O5. The summed E-state index contributed by atoms with van der Waals surface area (Å²) < 4.78 is 39.1. The van der Waals surface area contributed by atoms with Crippen LogP contribution in [0.15, 0.2) is 51.4 Å². The van der Waals surface area contributed by atoms with Crippen molar-refractivity contribution in [3.05, 3.63) is 58.3 Å². The van der Waals surface area contributed by atoms with Gasteiger partial charge in [-0.05, 0) is 101 Å². The first-order valence-corrected chi connectivity index (χ1v) is 22.3. The van der Waals surface area contributed by atoms with Gasteiger partial charge in [-0.25, -0.2) is 28.1 Å². The predicted molar refractivity (Wildman–Crippen MR) is 230 cm³/mol. The number of carbonyl (C=O) groups excluding carboxylic acids is 3. The highest BCUT2D eigenvalue weighted by atomic mass is 19.3. The monoisotopic (exact) mass is 863 g/mol. The number of anilines is 1. The molecule has 3 amide bonds. The fourth-order valence-electron chi connectivity index (χ4n) is 10.5. The van der Waals surface area contributed by atoms with E-state index in [-0.39, 0.29) is 54.0 Å². The number of imide groups is 1. The van der Waals surface area contributed by atoms with Gasteiger partial charge >= 0.3 is 5.69 Å². The molecule has 4 aromatic rings. The number of aryl methyl sites for hydroxylation is 1. The number of fused-ring (bicyclic) bond motifs is 4. The number of para-hydroxylation sites is 1. The Morgan fingerprint density at radius 1 is 0.968 bits per heavy atom. The van der Waals surface area contributed by atoms with Crippen molar-refractivity contribution < 1.29 is 27.9 Å². The normalized spacial score (nSPS) is 26.8. The van der Waals surface area contributed by atoms with Gasteiger partial charge in [0.1, 0.15) is 29.3 Å². The summed E-state index contributed by atoms with van der Waals surface area (Å²) in [5, 5.41) is 9.28. The first kappa shape index (κ1) is 41.2. The minimum atomic E-state index is -2.88. The number of ether oxygens (including phenoxy) is 1. The summed E-state index contributed by atoms with van der Waals surface area (Å²) in [7, 11) is 1.69. The van der Waals surface area contributed by atoms with Crippen LogP contribution in [-0.4, -0.2) is 115 Å². The van der Waals surface area contributed by atoms with Gasteiger partial charge in [-0.3, -0.25) is 33.8 Å². The molecule has 2 unspecified atom stereocenters. The third-order valence-electron chi connectivity index (χ3n) is 14.0. The van der Waals surface area contributed by atoms with Crippen LogP contribution in [0.4, 0.5) is 14.6 Å². The summed E-state index contributed by atoms with van der Waals surface area (Å²) in [4.78, 5) is 69.6. The van der Waals surface area contributed by atoms with Gasteiger partial charge in [-0.2, -0.15) is 5.10 Å². The van der Waals surface area contributed by atoms with E-state index < -0.39 is 36.2 Å².